The minimum Gasteiger partial charge on any atom is -0.394 e. The van der Waals surface area contributed by atoms with E-state index in [4.69, 9.17) is 30.3 Å². The Kier molecular flexibility index (Phi) is 5.83. The van der Waals surface area contributed by atoms with Gasteiger partial charge in [-0.15, -0.1) is 0 Å². The summed E-state index contributed by atoms with van der Waals surface area (Å²) in [6.07, 6.45) is -6.54. The molecule has 1 saturated heterocycles. The van der Waals surface area contributed by atoms with Crippen molar-refractivity contribution in [2.45, 2.75) is 30.6 Å². The number of nitrogens with two attached hydrogens (primary N) is 1. The van der Waals surface area contributed by atoms with Gasteiger partial charge in [0, 0.05) is 0 Å². The van der Waals surface area contributed by atoms with Gasteiger partial charge in [-0.2, -0.15) is 4.31 Å². The van der Waals surface area contributed by atoms with E-state index in [2.05, 4.69) is 8.83 Å². The fourth-order valence-corrected chi connectivity index (χ4v) is 3.15. The summed E-state index contributed by atoms with van der Waals surface area (Å²) < 4.78 is 34.3. The molecule has 12 nitrogen and oxygen atoms in total. The van der Waals surface area contributed by atoms with Crippen LogP contribution in [0.2, 0.25) is 0 Å². The molecule has 0 aromatic carbocycles. The molecule has 1 aliphatic heterocycles. The Labute approximate surface area is 112 Å². The van der Waals surface area contributed by atoms with Gasteiger partial charge in [0.05, 0.1) is 12.6 Å². The summed E-state index contributed by atoms with van der Waals surface area (Å²) in [5.74, 6) is 0. The van der Waals surface area contributed by atoms with E-state index >= 15 is 0 Å². The highest BCUT2D eigenvalue weighted by molar-refractivity contribution is 7.60. The number of aliphatic hydroxyl groups is 3. The first-order valence-electron chi connectivity index (χ1n) is 5.13. The largest absolute Gasteiger partial charge is 0.483 e. The van der Waals surface area contributed by atoms with E-state index in [-0.39, 0.29) is 0 Å². The van der Waals surface area contributed by atoms with Crippen LogP contribution in [0.5, 0.6) is 0 Å². The molecule has 1 aliphatic rings. The molecule has 0 amide bonds. The third-order valence-corrected chi connectivity index (χ3v) is 4.53. The average Bonchev–Trinajstić information content (AvgIpc) is 2.26. The smallest absolute Gasteiger partial charge is 0.394 e. The molecule has 14 heteroatoms. The van der Waals surface area contributed by atoms with E-state index in [1.54, 1.807) is 0 Å². The Morgan fingerprint density at radius 3 is 2.15 bits per heavy atom. The second kappa shape index (κ2) is 6.44. The van der Waals surface area contributed by atoms with Crippen LogP contribution in [0.1, 0.15) is 0 Å². The van der Waals surface area contributed by atoms with Gasteiger partial charge in [0.25, 0.3) is 0 Å². The first kappa shape index (κ1) is 18.1. The minimum absolute atomic E-state index is 0.740. The maximum absolute atomic E-state index is 11.3. The van der Waals surface area contributed by atoms with Crippen molar-refractivity contribution >= 4 is 15.6 Å². The molecular weight excluding hydrogens is 324 g/mol. The Hall–Kier alpha value is 0.0600. The number of ether oxygens (including phenoxy) is 1. The summed E-state index contributed by atoms with van der Waals surface area (Å²) in [7, 11) is -10.6. The Morgan fingerprint density at radius 2 is 1.70 bits per heavy atom. The molecule has 0 bridgehead atoms. The van der Waals surface area contributed by atoms with Gasteiger partial charge in [-0.3, -0.25) is 4.52 Å². The predicted octanol–water partition coefficient (Wildman–Crippen LogP) is -3.02. The molecule has 6 atom stereocenters. The van der Waals surface area contributed by atoms with Crippen molar-refractivity contribution in [1.29, 1.82) is 0 Å². The van der Waals surface area contributed by atoms with E-state index in [1.807, 2.05) is 0 Å². The molecule has 0 aromatic rings. The van der Waals surface area contributed by atoms with Crippen LogP contribution in [0, 0.1) is 0 Å². The first-order valence-corrected chi connectivity index (χ1v) is 8.15. The number of hydrogen-bond acceptors (Lipinski definition) is 9. The number of phosphoric acid groups is 2. The van der Waals surface area contributed by atoms with Crippen LogP contribution < -0.4 is 5.73 Å². The third kappa shape index (κ3) is 4.81. The summed E-state index contributed by atoms with van der Waals surface area (Å²) in [6.45, 7) is -0.740. The zero-order valence-electron chi connectivity index (χ0n) is 9.79. The second-order valence-electron chi connectivity index (χ2n) is 3.93. The van der Waals surface area contributed by atoms with Crippen molar-refractivity contribution in [2.24, 2.45) is 5.73 Å². The van der Waals surface area contributed by atoms with Crippen molar-refractivity contribution in [3.63, 3.8) is 0 Å². The maximum atomic E-state index is 11.3. The van der Waals surface area contributed by atoms with Crippen LogP contribution in [0.3, 0.4) is 0 Å². The van der Waals surface area contributed by atoms with Crippen LogP contribution >= 0.6 is 15.6 Å². The lowest BCUT2D eigenvalue weighted by atomic mass is 9.97. The van der Waals surface area contributed by atoms with Crippen LogP contribution in [-0.4, -0.2) is 67.3 Å². The highest BCUT2D eigenvalue weighted by Gasteiger charge is 2.47. The Balaban J connectivity index is 2.80. The SMILES string of the molecule is N[C@@H]1[C@@H](O)[C@@H](OP(=O)(O)OP(=O)(O)O)O[C@H](CO)[C@H]1O. The quantitative estimate of drug-likeness (QED) is 0.250. The van der Waals surface area contributed by atoms with Crippen LogP contribution in [0.15, 0.2) is 0 Å². The molecule has 1 unspecified atom stereocenters. The highest BCUT2D eigenvalue weighted by Crippen LogP contribution is 2.58. The van der Waals surface area contributed by atoms with Crippen molar-refractivity contribution < 1.29 is 52.7 Å². The summed E-state index contributed by atoms with van der Waals surface area (Å²) in [5.41, 5.74) is 5.39. The van der Waals surface area contributed by atoms with Crippen LogP contribution in [0.4, 0.5) is 0 Å². The molecule has 1 heterocycles. The Bertz CT molecular complexity index is 423. The summed E-state index contributed by atoms with van der Waals surface area (Å²) >= 11 is 0. The normalized spacial score (nSPS) is 38.5. The van der Waals surface area contributed by atoms with Gasteiger partial charge in [-0.1, -0.05) is 0 Å². The second-order valence-corrected chi connectivity index (χ2v) is 6.71. The van der Waals surface area contributed by atoms with Gasteiger partial charge >= 0.3 is 15.6 Å². The number of rotatable bonds is 5. The first-order chi connectivity index (χ1) is 8.97. The Morgan fingerprint density at radius 1 is 1.15 bits per heavy atom. The van der Waals surface area contributed by atoms with Crippen molar-refractivity contribution in [1.82, 2.24) is 0 Å². The van der Waals surface area contributed by atoms with E-state index in [1.165, 1.54) is 0 Å². The van der Waals surface area contributed by atoms with E-state index < -0.39 is 52.9 Å². The fourth-order valence-electron chi connectivity index (χ4n) is 1.49. The maximum Gasteiger partial charge on any atom is 0.483 e. The molecule has 0 spiro atoms. The summed E-state index contributed by atoms with van der Waals surface area (Å²) in [4.78, 5) is 25.9. The van der Waals surface area contributed by atoms with Crippen LogP contribution in [-0.2, 0) is 22.7 Å². The zero-order chi connectivity index (χ0) is 15.7. The van der Waals surface area contributed by atoms with Gasteiger partial charge < -0.3 is 40.5 Å². The zero-order valence-corrected chi connectivity index (χ0v) is 11.6. The van der Waals surface area contributed by atoms with E-state index in [9.17, 15) is 19.3 Å². The minimum atomic E-state index is -5.33. The molecule has 20 heavy (non-hydrogen) atoms. The third-order valence-electron chi connectivity index (χ3n) is 2.38. The monoisotopic (exact) mass is 339 g/mol. The molecular formula is C6H15NO11P2. The molecule has 0 aromatic heterocycles. The number of phosphoric ester groups is 1. The van der Waals surface area contributed by atoms with Crippen molar-refractivity contribution in [3.8, 4) is 0 Å². The standard InChI is InChI=1S/C6H15NO11P2/c7-3-4(9)2(1-8)16-6(5(3)10)17-20(14,15)18-19(11,12)13/h2-6,8-10H,1,7H2,(H,14,15)(H2,11,12,13)/t2-,3+,4-,5-,6-/m1/s1. The topological polar surface area (TPSA) is 209 Å². The molecule has 0 aliphatic carbocycles. The molecule has 1 rings (SSSR count). The van der Waals surface area contributed by atoms with Crippen molar-refractivity contribution in [2.75, 3.05) is 6.61 Å². The lowest BCUT2D eigenvalue weighted by molar-refractivity contribution is -0.251. The van der Waals surface area contributed by atoms with E-state index in [0.717, 1.165) is 0 Å². The molecule has 8 N–H and O–H groups in total. The molecule has 120 valence electrons. The lowest BCUT2D eigenvalue weighted by Gasteiger charge is -2.40. The fraction of sp³-hybridized carbons (Fsp3) is 1.00. The van der Waals surface area contributed by atoms with Crippen LogP contribution in [0.25, 0.3) is 0 Å². The number of aliphatic hydroxyl groups excluding tert-OH is 3. The number of hydrogen-bond donors (Lipinski definition) is 7. The lowest BCUT2D eigenvalue weighted by Crippen LogP contribution is -2.62. The summed E-state index contributed by atoms with van der Waals surface area (Å²) in [5, 5.41) is 28.0. The van der Waals surface area contributed by atoms with E-state index in [0.29, 0.717) is 0 Å². The average molecular weight is 339 g/mol. The molecule has 1 fully saturated rings. The van der Waals surface area contributed by atoms with Gasteiger partial charge in [-0.25, -0.2) is 9.13 Å². The van der Waals surface area contributed by atoms with Gasteiger partial charge in [0.1, 0.15) is 18.3 Å². The highest BCUT2D eigenvalue weighted by atomic mass is 31.3. The van der Waals surface area contributed by atoms with Gasteiger partial charge in [0.15, 0.2) is 6.29 Å². The van der Waals surface area contributed by atoms with Crippen molar-refractivity contribution in [3.05, 3.63) is 0 Å². The molecule has 0 radical (unpaired) electrons. The predicted molar refractivity (Wildman–Crippen MR) is 59.8 cm³/mol. The van der Waals surface area contributed by atoms with Gasteiger partial charge in [-0.05, 0) is 0 Å². The molecule has 0 saturated carbocycles. The summed E-state index contributed by atoms with van der Waals surface area (Å²) in [6, 6.07) is -1.39. The van der Waals surface area contributed by atoms with Gasteiger partial charge in [0.2, 0.25) is 0 Å².